The molecule has 2 N–H and O–H groups in total. The van der Waals surface area contributed by atoms with Crippen molar-refractivity contribution in [3.05, 3.63) is 47.5 Å². The van der Waals surface area contributed by atoms with Crippen LogP contribution >= 0.6 is 0 Å². The Bertz CT molecular complexity index is 1180. The number of nitrogens with zero attached hydrogens (tertiary/aromatic N) is 1. The monoisotopic (exact) mass is 471 g/mol. The molecule has 0 fully saturated rings. The van der Waals surface area contributed by atoms with Crippen molar-refractivity contribution in [2.75, 3.05) is 24.2 Å². The molecule has 2 aromatic carbocycles. The highest BCUT2D eigenvalue weighted by Gasteiger charge is 2.32. The molecule has 1 unspecified atom stereocenters. The summed E-state index contributed by atoms with van der Waals surface area (Å²) in [4.78, 5) is 23.9. The molecule has 2 amide bonds. The standard InChI is InChI=1S/C20H20F3N3O5S/c1-11-7-15-16(31-12(2)19(28)25-15)9-17(11)32(29,30)26(3)10-18(27)24-14-6-4-5-13(8-14)20(21,22)23/h4-9,12H,10H2,1-3H3,(H,24,27)(H,25,28). The summed E-state index contributed by atoms with van der Waals surface area (Å²) in [6.07, 6.45) is -5.39. The van der Waals surface area contributed by atoms with E-state index in [9.17, 15) is 31.2 Å². The number of hydrogen-bond acceptors (Lipinski definition) is 5. The molecule has 8 nitrogen and oxygen atoms in total. The molecule has 0 aromatic heterocycles. The van der Waals surface area contributed by atoms with Crippen molar-refractivity contribution in [2.24, 2.45) is 0 Å². The second-order valence-corrected chi connectivity index (χ2v) is 9.26. The minimum Gasteiger partial charge on any atom is -0.479 e. The molecule has 0 aliphatic carbocycles. The largest absolute Gasteiger partial charge is 0.479 e. The Morgan fingerprint density at radius 3 is 2.59 bits per heavy atom. The van der Waals surface area contributed by atoms with Gasteiger partial charge in [0.25, 0.3) is 5.91 Å². The SMILES string of the molecule is Cc1cc2c(cc1S(=O)(=O)N(C)CC(=O)Nc1cccc(C(F)(F)F)c1)OC(C)C(=O)N2. The van der Waals surface area contributed by atoms with Gasteiger partial charge in [0.05, 0.1) is 22.7 Å². The summed E-state index contributed by atoms with van der Waals surface area (Å²) >= 11 is 0. The van der Waals surface area contributed by atoms with Crippen LogP contribution in [0.1, 0.15) is 18.1 Å². The van der Waals surface area contributed by atoms with Crippen LogP contribution in [0.4, 0.5) is 24.5 Å². The van der Waals surface area contributed by atoms with Crippen LogP contribution in [-0.2, 0) is 25.8 Å². The van der Waals surface area contributed by atoms with Crippen LogP contribution in [0.5, 0.6) is 5.75 Å². The Morgan fingerprint density at radius 2 is 1.94 bits per heavy atom. The summed E-state index contributed by atoms with van der Waals surface area (Å²) < 4.78 is 70.7. The van der Waals surface area contributed by atoms with Gasteiger partial charge >= 0.3 is 6.18 Å². The second kappa shape index (κ2) is 8.43. The van der Waals surface area contributed by atoms with Crippen LogP contribution in [0.25, 0.3) is 0 Å². The van der Waals surface area contributed by atoms with Gasteiger partial charge in [-0.3, -0.25) is 9.59 Å². The number of sulfonamides is 1. The van der Waals surface area contributed by atoms with Crippen molar-refractivity contribution in [2.45, 2.75) is 31.0 Å². The zero-order chi connectivity index (χ0) is 23.8. The number of fused-ring (bicyclic) bond motifs is 1. The highest BCUT2D eigenvalue weighted by molar-refractivity contribution is 7.89. The minimum atomic E-state index is -4.58. The lowest BCUT2D eigenvalue weighted by atomic mass is 10.1. The summed E-state index contributed by atoms with van der Waals surface area (Å²) in [7, 11) is -2.98. The van der Waals surface area contributed by atoms with Gasteiger partial charge in [-0.25, -0.2) is 8.42 Å². The van der Waals surface area contributed by atoms with Gasteiger partial charge in [0, 0.05) is 18.8 Å². The molecule has 0 radical (unpaired) electrons. The molecule has 1 aliphatic heterocycles. The number of nitrogens with one attached hydrogen (secondary N) is 2. The number of halogens is 3. The van der Waals surface area contributed by atoms with Gasteiger partial charge in [-0.2, -0.15) is 17.5 Å². The van der Waals surface area contributed by atoms with Gasteiger partial charge < -0.3 is 15.4 Å². The predicted molar refractivity (Wildman–Crippen MR) is 110 cm³/mol. The van der Waals surface area contributed by atoms with Crippen LogP contribution in [0.15, 0.2) is 41.3 Å². The minimum absolute atomic E-state index is 0.112. The number of amides is 2. The predicted octanol–water partition coefficient (Wildman–Crippen LogP) is 2.99. The molecule has 1 aliphatic rings. The number of hydrogen-bond donors (Lipinski definition) is 2. The van der Waals surface area contributed by atoms with E-state index in [1.807, 2.05) is 0 Å². The molecule has 0 saturated carbocycles. The van der Waals surface area contributed by atoms with E-state index >= 15 is 0 Å². The molecular formula is C20H20F3N3O5S. The Kier molecular flexibility index (Phi) is 6.20. The number of benzene rings is 2. The number of alkyl halides is 3. The van der Waals surface area contributed by atoms with Crippen molar-refractivity contribution < 1.29 is 35.9 Å². The highest BCUT2D eigenvalue weighted by atomic mass is 32.2. The Morgan fingerprint density at radius 1 is 1.25 bits per heavy atom. The molecule has 12 heteroatoms. The number of carbonyl (C=O) groups is 2. The maximum absolute atomic E-state index is 13.0. The average Bonchev–Trinajstić information content (AvgIpc) is 2.68. The third kappa shape index (κ3) is 4.86. The fraction of sp³-hybridized carbons (Fsp3) is 0.300. The van der Waals surface area contributed by atoms with Gasteiger partial charge in [-0.1, -0.05) is 6.07 Å². The van der Waals surface area contributed by atoms with E-state index in [0.29, 0.717) is 11.3 Å². The fourth-order valence-corrected chi connectivity index (χ4v) is 4.39. The highest BCUT2D eigenvalue weighted by Crippen LogP contribution is 2.35. The quantitative estimate of drug-likeness (QED) is 0.698. The molecule has 0 bridgehead atoms. The summed E-state index contributed by atoms with van der Waals surface area (Å²) in [6.45, 7) is 2.40. The van der Waals surface area contributed by atoms with E-state index in [4.69, 9.17) is 4.74 Å². The molecule has 0 spiro atoms. The number of carbonyl (C=O) groups excluding carboxylic acids is 2. The van der Waals surface area contributed by atoms with Crippen molar-refractivity contribution in [1.29, 1.82) is 0 Å². The molecule has 172 valence electrons. The average molecular weight is 471 g/mol. The number of aryl methyl sites for hydroxylation is 1. The molecule has 0 saturated heterocycles. The normalized spacial score (nSPS) is 16.2. The Balaban J connectivity index is 1.78. The van der Waals surface area contributed by atoms with Gasteiger partial charge in [-0.05, 0) is 43.7 Å². The van der Waals surface area contributed by atoms with Crippen molar-refractivity contribution in [3.63, 3.8) is 0 Å². The Labute approximate surface area is 182 Å². The van der Waals surface area contributed by atoms with Crippen molar-refractivity contribution in [1.82, 2.24) is 4.31 Å². The van der Waals surface area contributed by atoms with Crippen LogP contribution in [0.2, 0.25) is 0 Å². The first-order chi connectivity index (χ1) is 14.8. The number of anilines is 2. The zero-order valence-corrected chi connectivity index (χ0v) is 18.1. The van der Waals surface area contributed by atoms with E-state index < -0.39 is 40.3 Å². The second-order valence-electron chi connectivity index (χ2n) is 7.25. The maximum atomic E-state index is 13.0. The van der Waals surface area contributed by atoms with Gasteiger partial charge in [-0.15, -0.1) is 0 Å². The molecule has 1 atom stereocenters. The first-order valence-corrected chi connectivity index (χ1v) is 10.8. The molecule has 2 aromatic rings. The van der Waals surface area contributed by atoms with E-state index in [1.54, 1.807) is 0 Å². The third-order valence-corrected chi connectivity index (χ3v) is 6.68. The summed E-state index contributed by atoms with van der Waals surface area (Å²) in [5.74, 6) is -1.01. The number of ether oxygens (including phenoxy) is 1. The molecule has 32 heavy (non-hydrogen) atoms. The van der Waals surface area contributed by atoms with E-state index in [-0.39, 0.29) is 22.2 Å². The van der Waals surface area contributed by atoms with Crippen LogP contribution < -0.4 is 15.4 Å². The number of rotatable bonds is 5. The lowest BCUT2D eigenvalue weighted by molar-refractivity contribution is -0.137. The fourth-order valence-electron chi connectivity index (χ4n) is 3.05. The Hall–Kier alpha value is -3.12. The summed E-state index contributed by atoms with van der Waals surface area (Å²) in [5, 5.41) is 4.88. The maximum Gasteiger partial charge on any atom is 0.416 e. The van der Waals surface area contributed by atoms with Crippen molar-refractivity contribution >= 4 is 33.2 Å². The molecular weight excluding hydrogens is 451 g/mol. The van der Waals surface area contributed by atoms with Crippen LogP contribution in [0, 0.1) is 6.92 Å². The van der Waals surface area contributed by atoms with Crippen LogP contribution in [-0.4, -0.2) is 44.2 Å². The third-order valence-electron chi connectivity index (χ3n) is 4.74. The molecule has 1 heterocycles. The molecule has 3 rings (SSSR count). The van der Waals surface area contributed by atoms with E-state index in [2.05, 4.69) is 10.6 Å². The van der Waals surface area contributed by atoms with Crippen LogP contribution in [0.3, 0.4) is 0 Å². The van der Waals surface area contributed by atoms with Gasteiger partial charge in [0.15, 0.2) is 6.10 Å². The van der Waals surface area contributed by atoms with E-state index in [1.165, 1.54) is 39.1 Å². The summed E-state index contributed by atoms with van der Waals surface area (Å²) in [5.41, 5.74) is -0.414. The lowest BCUT2D eigenvalue weighted by Gasteiger charge is -2.25. The first-order valence-electron chi connectivity index (χ1n) is 9.34. The van der Waals surface area contributed by atoms with Gasteiger partial charge in [0.2, 0.25) is 15.9 Å². The topological polar surface area (TPSA) is 105 Å². The zero-order valence-electron chi connectivity index (χ0n) is 17.3. The van der Waals surface area contributed by atoms with E-state index in [0.717, 1.165) is 22.5 Å². The van der Waals surface area contributed by atoms with Crippen molar-refractivity contribution in [3.8, 4) is 5.75 Å². The first kappa shape index (κ1) is 23.5. The lowest BCUT2D eigenvalue weighted by Crippen LogP contribution is -2.36. The van der Waals surface area contributed by atoms with Gasteiger partial charge in [0.1, 0.15) is 5.75 Å². The summed E-state index contributed by atoms with van der Waals surface area (Å²) in [6, 6.07) is 6.72. The number of likely N-dealkylation sites (N-methyl/N-ethyl adjacent to an activating group) is 1. The smallest absolute Gasteiger partial charge is 0.416 e.